The van der Waals surface area contributed by atoms with E-state index < -0.39 is 94.6 Å². The largest absolute Gasteiger partial charge is 0.471 e. The van der Waals surface area contributed by atoms with Crippen LogP contribution in [0.25, 0.3) is 0 Å². The molecule has 1 heterocycles. The molecule has 71 heavy (non-hydrogen) atoms. The Labute approximate surface area is 417 Å². The lowest BCUT2D eigenvalue weighted by atomic mass is 9.89. The summed E-state index contributed by atoms with van der Waals surface area (Å²) in [5.41, 5.74) is 1.09. The van der Waals surface area contributed by atoms with E-state index in [1.807, 2.05) is 65.3 Å². The van der Waals surface area contributed by atoms with Gasteiger partial charge in [0, 0.05) is 40.8 Å². The fourth-order valence-corrected chi connectivity index (χ4v) is 10.4. The van der Waals surface area contributed by atoms with Gasteiger partial charge in [-0.2, -0.15) is 13.2 Å². The number of sulfonamides is 1. The number of rotatable bonds is 26. The topological polar surface area (TPSA) is 213 Å². The molecule has 17 nitrogen and oxygen atoms in total. The predicted molar refractivity (Wildman–Crippen MR) is 262 cm³/mol. The summed E-state index contributed by atoms with van der Waals surface area (Å²) < 4.78 is 78.4. The number of likely N-dealkylation sites (N-methyl/N-ethyl adjacent to an activating group) is 2. The van der Waals surface area contributed by atoms with Crippen LogP contribution in [-0.4, -0.2) is 149 Å². The van der Waals surface area contributed by atoms with E-state index >= 15 is 0 Å². The van der Waals surface area contributed by atoms with Crippen molar-refractivity contribution in [1.82, 2.24) is 35.4 Å². The third kappa shape index (κ3) is 17.3. The van der Waals surface area contributed by atoms with Gasteiger partial charge in [0.1, 0.15) is 12.1 Å². The lowest BCUT2D eigenvalue weighted by Gasteiger charge is -2.41. The molecular formula is C50H76F3N7O10S. The summed E-state index contributed by atoms with van der Waals surface area (Å²) in [5.74, 6) is -6.66. The van der Waals surface area contributed by atoms with E-state index in [2.05, 4.69) is 10.6 Å². The van der Waals surface area contributed by atoms with Crippen LogP contribution in [0.3, 0.4) is 0 Å². The number of likely N-dealkylation sites (tertiary alicyclic amines) is 1. The van der Waals surface area contributed by atoms with Crippen molar-refractivity contribution in [3.63, 3.8) is 0 Å². The molecule has 0 spiro atoms. The highest BCUT2D eigenvalue weighted by molar-refractivity contribution is 7.89. The number of carbonyl (C=O) groups excluding carboxylic acids is 6. The SMILES string of the molecule is CC[C@H](C)[C@@H]([C@@H](CC(=O)N1CCC[C@H]1[C@H](OC)[C@@H](C)C(=O)N[C@@H](Cc1ccccc1)C(=O)NS(=O)(=O)Cc1ccc(CNC(=O)C(F)(F)F)cc1)OC)N(C)C(=O)[C@@H](NC(=O)C(C(C)C)N(C)C)C(C)C. The van der Waals surface area contributed by atoms with Gasteiger partial charge in [-0.1, -0.05) is 109 Å². The van der Waals surface area contributed by atoms with Crippen molar-refractivity contribution in [2.24, 2.45) is 23.7 Å². The molecule has 398 valence electrons. The molecule has 3 rings (SSSR count). The van der Waals surface area contributed by atoms with E-state index in [1.54, 1.807) is 59.4 Å². The zero-order chi connectivity index (χ0) is 53.5. The highest BCUT2D eigenvalue weighted by Gasteiger charge is 2.44. The van der Waals surface area contributed by atoms with Gasteiger partial charge in [-0.05, 0) is 61.4 Å². The number of halogens is 3. The zero-order valence-electron chi connectivity index (χ0n) is 43.2. The summed E-state index contributed by atoms with van der Waals surface area (Å²) in [5, 5.41) is 7.46. The molecule has 21 heteroatoms. The molecule has 1 aliphatic heterocycles. The van der Waals surface area contributed by atoms with Gasteiger partial charge in [0.15, 0.2) is 0 Å². The number of nitrogens with one attached hydrogen (secondary N) is 4. The maximum absolute atomic E-state index is 14.4. The van der Waals surface area contributed by atoms with Crippen LogP contribution in [0.5, 0.6) is 0 Å². The molecule has 6 amide bonds. The summed E-state index contributed by atoms with van der Waals surface area (Å²) in [6.45, 7) is 13.1. The second-order valence-electron chi connectivity index (χ2n) is 19.4. The van der Waals surface area contributed by atoms with Crippen molar-refractivity contribution in [3.8, 4) is 0 Å². The van der Waals surface area contributed by atoms with E-state index in [4.69, 9.17) is 9.47 Å². The minimum atomic E-state index is -5.06. The molecule has 0 aliphatic carbocycles. The predicted octanol–water partition coefficient (Wildman–Crippen LogP) is 4.19. The van der Waals surface area contributed by atoms with E-state index in [0.717, 1.165) is 0 Å². The van der Waals surface area contributed by atoms with Crippen molar-refractivity contribution in [2.75, 3.05) is 41.9 Å². The van der Waals surface area contributed by atoms with Crippen molar-refractivity contribution in [2.45, 2.75) is 141 Å². The van der Waals surface area contributed by atoms with Gasteiger partial charge in [-0.15, -0.1) is 0 Å². The van der Waals surface area contributed by atoms with Crippen LogP contribution in [-0.2, 0) is 67.0 Å². The maximum atomic E-state index is 14.4. The standard InChI is InChI=1S/C50H76F3N7O10S/c1-13-32(6)43(59(10)48(65)41(30(2)3)56-47(64)42(31(4)5)58(8)9)39(69-11)27-40(61)60-25-17-20-38(60)44(70-12)33(7)45(62)55-37(26-34-18-15-14-16-19-34)46(63)57-71(67,68)29-36-23-21-35(22-24-36)28-54-49(66)50(51,52)53/h14-16,18-19,21-24,30-33,37-39,41-44H,13,17,20,25-29H2,1-12H3,(H,54,66)(H,55,62)(H,56,64)(H,57,63)/t32-,33+,37-,38-,39+,41-,42?,43-,44+/m0/s1. The fraction of sp³-hybridized carbons (Fsp3) is 0.640. The van der Waals surface area contributed by atoms with Crippen LogP contribution in [0, 0.1) is 23.7 Å². The van der Waals surface area contributed by atoms with Gasteiger partial charge in [-0.25, -0.2) is 8.42 Å². The Balaban J connectivity index is 1.80. The van der Waals surface area contributed by atoms with Gasteiger partial charge in [0.25, 0.3) is 5.91 Å². The number of ether oxygens (including phenoxy) is 2. The van der Waals surface area contributed by atoms with Crippen molar-refractivity contribution in [3.05, 3.63) is 71.3 Å². The molecule has 2 aromatic rings. The minimum absolute atomic E-state index is 0.0134. The van der Waals surface area contributed by atoms with Crippen LogP contribution < -0.4 is 20.7 Å². The normalized spacial score (nSPS) is 17.7. The zero-order valence-corrected chi connectivity index (χ0v) is 44.0. The Morgan fingerprint density at radius 3 is 1.93 bits per heavy atom. The number of benzene rings is 2. The van der Waals surface area contributed by atoms with Crippen LogP contribution in [0.15, 0.2) is 54.6 Å². The highest BCUT2D eigenvalue weighted by Crippen LogP contribution is 2.30. The number of carbonyl (C=O) groups is 6. The van der Waals surface area contributed by atoms with E-state index in [9.17, 15) is 50.4 Å². The number of hydrogen-bond acceptors (Lipinski definition) is 11. The van der Waals surface area contributed by atoms with E-state index in [1.165, 1.54) is 38.5 Å². The number of nitrogens with zero attached hydrogens (tertiary/aromatic N) is 3. The van der Waals surface area contributed by atoms with Gasteiger partial charge in [0.05, 0.1) is 48.4 Å². The highest BCUT2D eigenvalue weighted by atomic mass is 32.2. The number of methoxy groups -OCH3 is 2. The maximum Gasteiger partial charge on any atom is 0.471 e. The molecule has 0 radical (unpaired) electrons. The monoisotopic (exact) mass is 1020 g/mol. The molecule has 9 atom stereocenters. The first kappa shape index (κ1) is 60.2. The Bertz CT molecular complexity index is 2190. The Morgan fingerprint density at radius 2 is 1.41 bits per heavy atom. The molecule has 4 N–H and O–H groups in total. The second-order valence-corrected chi connectivity index (χ2v) is 21.2. The van der Waals surface area contributed by atoms with Crippen LogP contribution in [0.2, 0.25) is 0 Å². The van der Waals surface area contributed by atoms with Crippen LogP contribution in [0.1, 0.15) is 90.8 Å². The summed E-state index contributed by atoms with van der Waals surface area (Å²) in [7, 11) is 3.83. The third-order valence-electron chi connectivity index (χ3n) is 13.2. The fourth-order valence-electron chi connectivity index (χ4n) is 9.29. The first-order valence-corrected chi connectivity index (χ1v) is 25.7. The average Bonchev–Trinajstić information content (AvgIpc) is 3.78. The molecule has 1 saturated heterocycles. The lowest BCUT2D eigenvalue weighted by molar-refractivity contribution is -0.173. The van der Waals surface area contributed by atoms with Crippen molar-refractivity contribution < 1.29 is 59.8 Å². The lowest BCUT2D eigenvalue weighted by Crippen LogP contribution is -2.59. The number of amides is 6. The Kier molecular flexibility index (Phi) is 23.0. The molecule has 1 aliphatic rings. The molecule has 0 aromatic heterocycles. The molecule has 1 fully saturated rings. The summed E-state index contributed by atoms with van der Waals surface area (Å²) in [6.07, 6.45) is -5.13. The van der Waals surface area contributed by atoms with Gasteiger partial charge in [-0.3, -0.25) is 38.4 Å². The summed E-state index contributed by atoms with van der Waals surface area (Å²) >= 11 is 0. The number of alkyl halides is 3. The molecule has 0 bridgehead atoms. The van der Waals surface area contributed by atoms with Crippen molar-refractivity contribution >= 4 is 45.5 Å². The number of hydrogen-bond donors (Lipinski definition) is 4. The Morgan fingerprint density at radius 1 is 0.803 bits per heavy atom. The average molecular weight is 1020 g/mol. The molecular weight excluding hydrogens is 948 g/mol. The Hall–Kier alpha value is -5.12. The second kappa shape index (κ2) is 27.1. The third-order valence-corrected chi connectivity index (χ3v) is 14.4. The van der Waals surface area contributed by atoms with Gasteiger partial charge in [0.2, 0.25) is 33.7 Å². The molecule has 1 unspecified atom stereocenters. The van der Waals surface area contributed by atoms with Gasteiger partial charge >= 0.3 is 12.1 Å². The smallest absolute Gasteiger partial charge is 0.379 e. The quantitative estimate of drug-likeness (QED) is 0.105. The van der Waals surface area contributed by atoms with Crippen molar-refractivity contribution in [1.29, 1.82) is 0 Å². The van der Waals surface area contributed by atoms with E-state index in [0.29, 0.717) is 31.4 Å². The van der Waals surface area contributed by atoms with Crippen LogP contribution >= 0.6 is 0 Å². The summed E-state index contributed by atoms with van der Waals surface area (Å²) in [4.78, 5) is 86.5. The molecule has 2 aromatic carbocycles. The summed E-state index contributed by atoms with van der Waals surface area (Å²) in [6, 6.07) is 10.2. The van der Waals surface area contributed by atoms with Gasteiger partial charge < -0.3 is 35.2 Å². The first-order valence-electron chi connectivity index (χ1n) is 24.1. The first-order chi connectivity index (χ1) is 33.2. The molecule has 0 saturated carbocycles. The van der Waals surface area contributed by atoms with E-state index in [-0.39, 0.29) is 59.4 Å². The van der Waals surface area contributed by atoms with Crippen LogP contribution in [0.4, 0.5) is 13.2 Å². The minimum Gasteiger partial charge on any atom is -0.379 e.